The molecule has 0 heterocycles. The normalized spacial score (nSPS) is 14.6. The van der Waals surface area contributed by atoms with Crippen molar-refractivity contribution < 1.29 is 13.2 Å². The average Bonchev–Trinajstić information content (AvgIpc) is 2.45. The maximum atomic E-state index is 11.8. The molecule has 124 valence electrons. The summed E-state index contributed by atoms with van der Waals surface area (Å²) in [6.07, 6.45) is 3.32. The number of nitrogens with one attached hydrogen (secondary N) is 3. The monoisotopic (exact) mass is 336 g/mol. The van der Waals surface area contributed by atoms with Crippen LogP contribution in [0, 0.1) is 17.2 Å². The summed E-state index contributed by atoms with van der Waals surface area (Å²) in [4.78, 5) is 11.7. The van der Waals surface area contributed by atoms with Crippen molar-refractivity contribution in [2.75, 3.05) is 24.2 Å². The summed E-state index contributed by atoms with van der Waals surface area (Å²) < 4.78 is 26.1. The highest BCUT2D eigenvalue weighted by Crippen LogP contribution is 2.25. The third-order valence-electron chi connectivity index (χ3n) is 3.72. The Bertz CT molecular complexity index is 693. The predicted molar refractivity (Wildman–Crippen MR) is 87.3 cm³/mol. The van der Waals surface area contributed by atoms with E-state index in [9.17, 15) is 13.2 Å². The minimum absolute atomic E-state index is 0.0176. The van der Waals surface area contributed by atoms with Gasteiger partial charge in [0.2, 0.25) is 10.0 Å². The number of amides is 2. The molecule has 8 heteroatoms. The summed E-state index contributed by atoms with van der Waals surface area (Å²) in [6, 6.07) is 7.94. The first-order valence-electron chi connectivity index (χ1n) is 7.51. The Kier molecular flexibility index (Phi) is 5.96. The molecule has 0 spiro atoms. The van der Waals surface area contributed by atoms with E-state index in [0.717, 1.165) is 12.8 Å². The number of rotatable bonds is 7. The standard InChI is InChI=1S/C15H20N4O3S/c16-10-13-5-2-6-14(9-13)19-15(20)17-7-8-23(21,22)18-11-12-3-1-4-12/h2,5-6,9,12,18H,1,3-4,7-8,11H2,(H2,17,19,20). The molecule has 1 aliphatic carbocycles. The van der Waals surface area contributed by atoms with Crippen LogP contribution in [0.25, 0.3) is 0 Å². The second-order valence-corrected chi connectivity index (χ2v) is 7.46. The molecular formula is C15H20N4O3S. The molecule has 23 heavy (non-hydrogen) atoms. The lowest BCUT2D eigenvalue weighted by Crippen LogP contribution is -2.38. The summed E-state index contributed by atoms with van der Waals surface area (Å²) >= 11 is 0. The van der Waals surface area contributed by atoms with Crippen LogP contribution < -0.4 is 15.4 Å². The number of hydrogen-bond acceptors (Lipinski definition) is 4. The highest BCUT2D eigenvalue weighted by Gasteiger charge is 2.20. The van der Waals surface area contributed by atoms with Crippen LogP contribution in [0.2, 0.25) is 0 Å². The molecule has 0 saturated heterocycles. The zero-order valence-corrected chi connectivity index (χ0v) is 13.5. The number of benzene rings is 1. The third-order valence-corrected chi connectivity index (χ3v) is 5.07. The Morgan fingerprint density at radius 1 is 1.35 bits per heavy atom. The van der Waals surface area contributed by atoms with Crippen LogP contribution in [0.1, 0.15) is 24.8 Å². The highest BCUT2D eigenvalue weighted by atomic mass is 32.2. The van der Waals surface area contributed by atoms with Crippen molar-refractivity contribution in [2.24, 2.45) is 5.92 Å². The number of hydrogen-bond donors (Lipinski definition) is 3. The number of nitriles is 1. The number of anilines is 1. The third kappa shape index (κ3) is 5.88. The largest absolute Gasteiger partial charge is 0.337 e. The lowest BCUT2D eigenvalue weighted by atomic mass is 9.86. The van der Waals surface area contributed by atoms with Gasteiger partial charge in [0.15, 0.2) is 0 Å². The summed E-state index contributed by atoms with van der Waals surface area (Å²) in [5, 5.41) is 13.8. The summed E-state index contributed by atoms with van der Waals surface area (Å²) in [5.41, 5.74) is 0.915. The van der Waals surface area contributed by atoms with Gasteiger partial charge in [-0.2, -0.15) is 5.26 Å². The lowest BCUT2D eigenvalue weighted by Gasteiger charge is -2.25. The second-order valence-electron chi connectivity index (χ2n) is 5.54. The van der Waals surface area contributed by atoms with Crippen molar-refractivity contribution in [3.63, 3.8) is 0 Å². The van der Waals surface area contributed by atoms with Gasteiger partial charge in [0.1, 0.15) is 0 Å². The van der Waals surface area contributed by atoms with Gasteiger partial charge >= 0.3 is 6.03 Å². The molecule has 0 radical (unpaired) electrons. The van der Waals surface area contributed by atoms with E-state index in [4.69, 9.17) is 5.26 Å². The molecule has 1 aromatic rings. The highest BCUT2D eigenvalue weighted by molar-refractivity contribution is 7.89. The number of carbonyl (C=O) groups is 1. The number of carbonyl (C=O) groups excluding carboxylic acids is 1. The first kappa shape index (κ1) is 17.2. The smallest absolute Gasteiger partial charge is 0.319 e. The Hall–Kier alpha value is -2.11. The molecule has 3 N–H and O–H groups in total. The molecule has 1 aromatic carbocycles. The van der Waals surface area contributed by atoms with Crippen molar-refractivity contribution in [3.8, 4) is 6.07 Å². The van der Waals surface area contributed by atoms with Gasteiger partial charge in [-0.15, -0.1) is 0 Å². The molecule has 0 aromatic heterocycles. The van der Waals surface area contributed by atoms with E-state index in [0.29, 0.717) is 23.7 Å². The van der Waals surface area contributed by atoms with E-state index < -0.39 is 16.1 Å². The fraction of sp³-hybridized carbons (Fsp3) is 0.467. The van der Waals surface area contributed by atoms with Crippen molar-refractivity contribution >= 4 is 21.7 Å². The molecule has 1 aliphatic rings. The van der Waals surface area contributed by atoms with E-state index in [2.05, 4.69) is 15.4 Å². The quantitative estimate of drug-likeness (QED) is 0.699. The minimum atomic E-state index is -3.37. The van der Waals surface area contributed by atoms with E-state index in [1.54, 1.807) is 18.2 Å². The van der Waals surface area contributed by atoms with Crippen molar-refractivity contribution in [1.82, 2.24) is 10.0 Å². The molecule has 2 amide bonds. The van der Waals surface area contributed by atoms with Gasteiger partial charge in [-0.25, -0.2) is 17.9 Å². The number of urea groups is 1. The van der Waals surface area contributed by atoms with E-state index in [-0.39, 0.29) is 12.3 Å². The van der Waals surface area contributed by atoms with Gasteiger partial charge < -0.3 is 10.6 Å². The van der Waals surface area contributed by atoms with Crippen LogP contribution in [-0.4, -0.2) is 33.3 Å². The van der Waals surface area contributed by atoms with Gasteiger partial charge in [0.25, 0.3) is 0 Å². The molecule has 0 unspecified atom stereocenters. The number of sulfonamides is 1. The Labute approximate surface area is 136 Å². The Morgan fingerprint density at radius 2 is 2.13 bits per heavy atom. The maximum Gasteiger partial charge on any atom is 0.319 e. The average molecular weight is 336 g/mol. The molecule has 1 saturated carbocycles. The first-order valence-corrected chi connectivity index (χ1v) is 9.16. The van der Waals surface area contributed by atoms with Gasteiger partial charge in [0, 0.05) is 18.8 Å². The van der Waals surface area contributed by atoms with Crippen LogP contribution in [0.4, 0.5) is 10.5 Å². The second kappa shape index (κ2) is 7.94. The zero-order valence-electron chi connectivity index (χ0n) is 12.7. The Balaban J connectivity index is 1.70. The van der Waals surface area contributed by atoms with Gasteiger partial charge in [-0.1, -0.05) is 12.5 Å². The van der Waals surface area contributed by atoms with Gasteiger partial charge in [0.05, 0.1) is 17.4 Å². The van der Waals surface area contributed by atoms with Crippen LogP contribution >= 0.6 is 0 Å². The molecule has 0 atom stereocenters. The summed E-state index contributed by atoms with van der Waals surface area (Å²) in [5.74, 6) is 0.291. The minimum Gasteiger partial charge on any atom is -0.337 e. The fourth-order valence-corrected chi connectivity index (χ4v) is 3.16. The molecular weight excluding hydrogens is 316 g/mol. The molecule has 0 aliphatic heterocycles. The molecule has 1 fully saturated rings. The van der Waals surface area contributed by atoms with Crippen molar-refractivity contribution in [3.05, 3.63) is 29.8 Å². The van der Waals surface area contributed by atoms with E-state index >= 15 is 0 Å². The topological polar surface area (TPSA) is 111 Å². The van der Waals surface area contributed by atoms with Crippen LogP contribution in [0.3, 0.4) is 0 Å². The van der Waals surface area contributed by atoms with E-state index in [1.165, 1.54) is 12.5 Å². The fourth-order valence-electron chi connectivity index (χ4n) is 2.15. The van der Waals surface area contributed by atoms with Crippen molar-refractivity contribution in [1.29, 1.82) is 5.26 Å². The molecule has 0 bridgehead atoms. The van der Waals surface area contributed by atoms with Gasteiger partial charge in [-0.3, -0.25) is 0 Å². The van der Waals surface area contributed by atoms with E-state index in [1.807, 2.05) is 6.07 Å². The Morgan fingerprint density at radius 3 is 2.78 bits per heavy atom. The van der Waals surface area contributed by atoms with Crippen molar-refractivity contribution in [2.45, 2.75) is 19.3 Å². The van der Waals surface area contributed by atoms with Crippen LogP contribution in [0.15, 0.2) is 24.3 Å². The molecule has 2 rings (SSSR count). The lowest BCUT2D eigenvalue weighted by molar-refractivity contribution is 0.252. The summed E-state index contributed by atoms with van der Waals surface area (Å²) in [7, 11) is -3.37. The number of nitrogens with zero attached hydrogens (tertiary/aromatic N) is 1. The first-order chi connectivity index (χ1) is 11.0. The predicted octanol–water partition coefficient (Wildman–Crippen LogP) is 1.40. The van der Waals surface area contributed by atoms with Crippen LogP contribution in [-0.2, 0) is 10.0 Å². The maximum absolute atomic E-state index is 11.8. The van der Waals surface area contributed by atoms with Gasteiger partial charge in [-0.05, 0) is 37.0 Å². The van der Waals surface area contributed by atoms with Crippen LogP contribution in [0.5, 0.6) is 0 Å². The summed E-state index contributed by atoms with van der Waals surface area (Å²) in [6.45, 7) is 0.499. The zero-order chi connectivity index (χ0) is 16.7. The SMILES string of the molecule is N#Cc1cccc(NC(=O)NCCS(=O)(=O)NCC2CCC2)c1. The molecule has 7 nitrogen and oxygen atoms in total.